The largest absolute Gasteiger partial charge is 0.490 e. The van der Waals surface area contributed by atoms with Crippen molar-refractivity contribution in [2.75, 3.05) is 6.61 Å². The lowest BCUT2D eigenvalue weighted by atomic mass is 10.2. The van der Waals surface area contributed by atoms with Gasteiger partial charge in [-0.1, -0.05) is 55.1 Å². The number of hydrazine groups is 1. The van der Waals surface area contributed by atoms with Gasteiger partial charge in [0.1, 0.15) is 22.2 Å². The zero-order valence-electron chi connectivity index (χ0n) is 16.4. The smallest absolute Gasteiger partial charge is 0.281 e. The number of carbonyl (C=O) groups is 2. The van der Waals surface area contributed by atoms with Crippen LogP contribution in [0.25, 0.3) is 16.6 Å². The second kappa shape index (κ2) is 10.2. The lowest BCUT2D eigenvalue weighted by molar-refractivity contribution is -0.117. The van der Waals surface area contributed by atoms with Crippen LogP contribution in [0.1, 0.15) is 20.9 Å². The summed E-state index contributed by atoms with van der Waals surface area (Å²) in [7, 11) is 0. The van der Waals surface area contributed by atoms with E-state index in [0.29, 0.717) is 17.2 Å². The maximum Gasteiger partial charge on any atom is 0.281 e. The first kappa shape index (κ1) is 21.0. The van der Waals surface area contributed by atoms with Gasteiger partial charge < -0.3 is 4.74 Å². The predicted molar refractivity (Wildman–Crippen MR) is 119 cm³/mol. The number of thiazole rings is 1. The van der Waals surface area contributed by atoms with Gasteiger partial charge >= 0.3 is 0 Å². The van der Waals surface area contributed by atoms with E-state index in [1.165, 1.54) is 17.4 Å². The molecule has 152 valence electrons. The molecule has 2 amide bonds. The number of aromatic nitrogens is 1. The average molecular weight is 420 g/mol. The highest BCUT2D eigenvalue weighted by Gasteiger charge is 2.16. The summed E-state index contributed by atoms with van der Waals surface area (Å²) in [6.07, 6.45) is 4.65. The van der Waals surface area contributed by atoms with Gasteiger partial charge in [-0.2, -0.15) is 0 Å². The van der Waals surface area contributed by atoms with Crippen LogP contribution in [0.3, 0.4) is 0 Å². The Morgan fingerprint density at radius 3 is 2.53 bits per heavy atom. The van der Waals surface area contributed by atoms with E-state index in [0.717, 1.165) is 21.9 Å². The van der Waals surface area contributed by atoms with Crippen molar-refractivity contribution in [3.8, 4) is 16.3 Å². The molecule has 0 unspecified atom stereocenters. The minimum absolute atomic E-state index is 0.405. The third-order valence-electron chi connectivity index (χ3n) is 4.00. The number of nitrogens with one attached hydrogen (secondary N) is 2. The molecule has 3 rings (SSSR count). The molecule has 1 aromatic heterocycles. The van der Waals surface area contributed by atoms with Crippen molar-refractivity contribution in [3.05, 3.63) is 89.5 Å². The Morgan fingerprint density at radius 2 is 1.83 bits per heavy atom. The van der Waals surface area contributed by atoms with Gasteiger partial charge in [-0.3, -0.25) is 20.4 Å². The number of hydrogen-bond donors (Lipinski definition) is 2. The molecule has 0 radical (unpaired) electrons. The lowest BCUT2D eigenvalue weighted by Gasteiger charge is -2.04. The van der Waals surface area contributed by atoms with Crippen molar-refractivity contribution in [1.82, 2.24) is 15.8 Å². The Bertz CT molecular complexity index is 1060. The summed E-state index contributed by atoms with van der Waals surface area (Å²) < 4.78 is 5.41. The fourth-order valence-corrected chi connectivity index (χ4v) is 3.50. The van der Waals surface area contributed by atoms with E-state index in [4.69, 9.17) is 4.74 Å². The van der Waals surface area contributed by atoms with Crippen LogP contribution >= 0.6 is 11.3 Å². The van der Waals surface area contributed by atoms with Crippen LogP contribution in [0.15, 0.2) is 73.3 Å². The van der Waals surface area contributed by atoms with Gasteiger partial charge in [-0.15, -0.1) is 11.3 Å². The maximum absolute atomic E-state index is 12.4. The van der Waals surface area contributed by atoms with E-state index < -0.39 is 11.8 Å². The molecule has 0 fully saturated rings. The minimum Gasteiger partial charge on any atom is -0.490 e. The van der Waals surface area contributed by atoms with Gasteiger partial charge in [0.05, 0.1) is 5.69 Å². The second-order valence-corrected chi connectivity index (χ2v) is 7.24. The molecule has 6 nitrogen and oxygen atoms in total. The highest BCUT2D eigenvalue weighted by atomic mass is 32.1. The van der Waals surface area contributed by atoms with Crippen molar-refractivity contribution in [2.24, 2.45) is 0 Å². The number of hydrogen-bond acceptors (Lipinski definition) is 5. The zero-order valence-corrected chi connectivity index (χ0v) is 17.2. The summed E-state index contributed by atoms with van der Waals surface area (Å²) in [5.74, 6) is -0.128. The molecule has 0 aliphatic rings. The number of amides is 2. The minimum atomic E-state index is -0.444. The Morgan fingerprint density at radius 1 is 1.10 bits per heavy atom. The van der Waals surface area contributed by atoms with Crippen molar-refractivity contribution in [1.29, 1.82) is 0 Å². The van der Waals surface area contributed by atoms with E-state index in [2.05, 4.69) is 22.4 Å². The summed E-state index contributed by atoms with van der Waals surface area (Å²) in [6, 6.07) is 16.9. The summed E-state index contributed by atoms with van der Waals surface area (Å²) in [6.45, 7) is 5.80. The Hall–Kier alpha value is -3.71. The number of nitrogens with zero attached hydrogens (tertiary/aromatic N) is 1. The Kier molecular flexibility index (Phi) is 7.13. The maximum atomic E-state index is 12.4. The molecule has 3 aromatic rings. The number of ether oxygens (including phenoxy) is 1. The number of carbonyl (C=O) groups excluding carboxylic acids is 2. The fourth-order valence-electron chi connectivity index (χ4n) is 2.53. The molecular weight excluding hydrogens is 398 g/mol. The molecule has 7 heteroatoms. The molecule has 30 heavy (non-hydrogen) atoms. The number of rotatable bonds is 7. The molecule has 2 N–H and O–H groups in total. The third kappa shape index (κ3) is 5.65. The quantitative estimate of drug-likeness (QED) is 0.342. The van der Waals surface area contributed by atoms with E-state index in [1.807, 2.05) is 42.5 Å². The summed E-state index contributed by atoms with van der Waals surface area (Å²) in [5, 5.41) is 0.755. The predicted octanol–water partition coefficient (Wildman–Crippen LogP) is 4.16. The molecule has 0 aliphatic heterocycles. The molecule has 0 saturated carbocycles. The van der Waals surface area contributed by atoms with Gasteiger partial charge in [-0.05, 0) is 30.7 Å². The first-order valence-corrected chi connectivity index (χ1v) is 10.0. The molecule has 0 atom stereocenters. The molecule has 0 spiro atoms. The van der Waals surface area contributed by atoms with Crippen LogP contribution < -0.4 is 15.6 Å². The lowest BCUT2D eigenvalue weighted by Crippen LogP contribution is -2.40. The van der Waals surface area contributed by atoms with Gasteiger partial charge in [0.25, 0.3) is 11.8 Å². The van der Waals surface area contributed by atoms with Gasteiger partial charge in [0, 0.05) is 11.6 Å². The summed E-state index contributed by atoms with van der Waals surface area (Å²) >= 11 is 1.28. The Balaban J connectivity index is 1.54. The van der Waals surface area contributed by atoms with Gasteiger partial charge in [0.2, 0.25) is 0 Å². The normalized spacial score (nSPS) is 10.6. The van der Waals surface area contributed by atoms with Crippen LogP contribution in [-0.2, 0) is 4.79 Å². The molecule has 0 bridgehead atoms. The fraction of sp³-hybridized carbons (Fsp3) is 0.0870. The first-order chi connectivity index (χ1) is 14.6. The van der Waals surface area contributed by atoms with Gasteiger partial charge in [-0.25, -0.2) is 4.98 Å². The molecule has 0 aliphatic carbocycles. The number of benzene rings is 2. The second-order valence-electron chi connectivity index (χ2n) is 6.25. The third-order valence-corrected chi connectivity index (χ3v) is 5.20. The van der Waals surface area contributed by atoms with Gasteiger partial charge in [0.15, 0.2) is 0 Å². The van der Waals surface area contributed by atoms with Crippen LogP contribution in [-0.4, -0.2) is 23.4 Å². The van der Waals surface area contributed by atoms with Crippen LogP contribution in [0.4, 0.5) is 0 Å². The first-order valence-electron chi connectivity index (χ1n) is 9.22. The van der Waals surface area contributed by atoms with E-state index >= 15 is 0 Å². The highest BCUT2D eigenvalue weighted by molar-refractivity contribution is 7.17. The monoisotopic (exact) mass is 419 g/mol. The topological polar surface area (TPSA) is 80.3 Å². The van der Waals surface area contributed by atoms with E-state index in [9.17, 15) is 9.59 Å². The van der Waals surface area contributed by atoms with Crippen molar-refractivity contribution in [2.45, 2.75) is 6.92 Å². The van der Waals surface area contributed by atoms with Crippen molar-refractivity contribution < 1.29 is 14.3 Å². The molecule has 1 heterocycles. The molecule has 0 saturated heterocycles. The number of aryl methyl sites for hydroxylation is 1. The van der Waals surface area contributed by atoms with Crippen molar-refractivity contribution in [3.63, 3.8) is 0 Å². The zero-order chi connectivity index (χ0) is 21.3. The average Bonchev–Trinajstić information content (AvgIpc) is 3.17. The van der Waals surface area contributed by atoms with E-state index in [1.54, 1.807) is 31.2 Å². The van der Waals surface area contributed by atoms with Crippen LogP contribution in [0.2, 0.25) is 0 Å². The van der Waals surface area contributed by atoms with E-state index in [-0.39, 0.29) is 0 Å². The standard InChI is InChI=1S/C23H21N3O3S/c1-3-15-29-19-12-9-17(10-13-19)11-14-20(27)25-26-22(28)21-16(2)24-23(30-21)18-7-5-4-6-8-18/h3-14H,1,15H2,2H3,(H,25,27)(H,26,28)/b14-11+. The van der Waals surface area contributed by atoms with Crippen molar-refractivity contribution >= 4 is 29.2 Å². The highest BCUT2D eigenvalue weighted by Crippen LogP contribution is 2.27. The van der Waals surface area contributed by atoms with Crippen LogP contribution in [0.5, 0.6) is 5.75 Å². The SMILES string of the molecule is C=CCOc1ccc(/C=C/C(=O)NNC(=O)c2sc(-c3ccccc3)nc2C)cc1. The summed E-state index contributed by atoms with van der Waals surface area (Å²) in [4.78, 5) is 29.3. The Labute approximate surface area is 178 Å². The molecular formula is C23H21N3O3S. The molecule has 2 aromatic carbocycles. The van der Waals surface area contributed by atoms with Crippen LogP contribution in [0, 0.1) is 6.92 Å². The summed E-state index contributed by atoms with van der Waals surface area (Å²) in [5.41, 5.74) is 7.19.